The quantitative estimate of drug-likeness (QED) is 0.188. The summed E-state index contributed by atoms with van der Waals surface area (Å²) in [5.74, 6) is 0.847. The van der Waals surface area contributed by atoms with Crippen LogP contribution in [0.15, 0.2) is 78.3 Å². The maximum Gasteiger partial charge on any atom is 0.230 e. The largest absolute Gasteiger partial charge is 0.345 e. The number of unbranched alkanes of at least 4 members (excludes halogenated alkanes) is 1. The Morgan fingerprint density at radius 2 is 1.50 bits per heavy atom. The molecule has 3 aromatic rings. The van der Waals surface area contributed by atoms with Gasteiger partial charge in [-0.1, -0.05) is 79.8 Å². The number of rotatable bonds is 15. The Morgan fingerprint density at radius 1 is 0.818 bits per heavy atom. The lowest BCUT2D eigenvalue weighted by molar-refractivity contribution is -0.129. The van der Waals surface area contributed by atoms with Crippen LogP contribution in [0, 0.1) is 5.92 Å². The number of hydrazine groups is 1. The number of amides is 3. The minimum atomic E-state index is -0.167. The van der Waals surface area contributed by atoms with Crippen LogP contribution in [0.2, 0.25) is 0 Å². The van der Waals surface area contributed by atoms with E-state index in [4.69, 9.17) is 0 Å². The van der Waals surface area contributed by atoms with Crippen LogP contribution >= 0.6 is 11.3 Å². The molecule has 1 aliphatic rings. The van der Waals surface area contributed by atoms with E-state index in [9.17, 15) is 14.4 Å². The minimum Gasteiger partial charge on any atom is -0.345 e. The van der Waals surface area contributed by atoms with Crippen molar-refractivity contribution < 1.29 is 14.4 Å². The van der Waals surface area contributed by atoms with Gasteiger partial charge < -0.3 is 21.0 Å². The van der Waals surface area contributed by atoms with E-state index in [1.807, 2.05) is 73.8 Å². The molecule has 0 fully saturated rings. The molecular formula is C33H41N7O3S. The summed E-state index contributed by atoms with van der Waals surface area (Å²) >= 11 is 1.39. The molecule has 0 radical (unpaired) electrons. The Morgan fingerprint density at radius 3 is 2.23 bits per heavy atom. The maximum absolute atomic E-state index is 12.7. The van der Waals surface area contributed by atoms with Gasteiger partial charge in [0.1, 0.15) is 10.8 Å². The highest BCUT2D eigenvalue weighted by Crippen LogP contribution is 2.19. The van der Waals surface area contributed by atoms with E-state index in [2.05, 4.69) is 45.5 Å². The first-order valence-electron chi connectivity index (χ1n) is 14.9. The number of nitrogens with zero attached hydrogens (tertiary/aromatic N) is 3. The lowest BCUT2D eigenvalue weighted by Gasteiger charge is -2.20. The standard InChI is InChI=1S/C33H41N7O3S/c1-23(2)22-40(3)32(43)21-26-13-9-12-25(18-26)20-30(42)35-33-39-38-31(44-33)15-8-7-14-27-16-17-28(37-36-27)34-29(41)19-24-10-5-4-6-11-24/h4-6,9-13,16-18,23,36-37H,7-8,14-15,19-22H2,1-3H3,(H,34,41)(H,35,39,42). The van der Waals surface area contributed by atoms with Crippen LogP contribution in [0.3, 0.4) is 0 Å². The molecule has 2 heterocycles. The van der Waals surface area contributed by atoms with Crippen molar-refractivity contribution in [2.75, 3.05) is 18.9 Å². The maximum atomic E-state index is 12.7. The summed E-state index contributed by atoms with van der Waals surface area (Å²) in [6, 6.07) is 17.2. The zero-order valence-electron chi connectivity index (χ0n) is 25.6. The Kier molecular flexibility index (Phi) is 12.1. The van der Waals surface area contributed by atoms with Gasteiger partial charge in [-0.05, 0) is 54.0 Å². The fourth-order valence-electron chi connectivity index (χ4n) is 4.76. The second kappa shape index (κ2) is 16.4. The normalized spacial score (nSPS) is 12.5. The van der Waals surface area contributed by atoms with E-state index in [1.165, 1.54) is 11.3 Å². The molecule has 0 aliphatic carbocycles. The first kappa shape index (κ1) is 32.4. The number of hydrogen-bond acceptors (Lipinski definition) is 8. The lowest BCUT2D eigenvalue weighted by Crippen LogP contribution is -2.41. The molecule has 3 amide bonds. The van der Waals surface area contributed by atoms with Crippen LogP contribution in [0.1, 0.15) is 54.8 Å². The number of likely N-dealkylation sites (N-methyl/N-ethyl adjacent to an activating group) is 1. The molecule has 2 aromatic carbocycles. The summed E-state index contributed by atoms with van der Waals surface area (Å²) in [7, 11) is 1.82. The fraction of sp³-hybridized carbons (Fsp3) is 0.364. The van der Waals surface area contributed by atoms with Crippen molar-refractivity contribution in [3.05, 3.63) is 100.0 Å². The first-order chi connectivity index (χ1) is 21.2. The molecule has 1 aliphatic heterocycles. The van der Waals surface area contributed by atoms with Crippen molar-refractivity contribution in [1.82, 2.24) is 31.3 Å². The predicted octanol–water partition coefficient (Wildman–Crippen LogP) is 4.28. The highest BCUT2D eigenvalue weighted by atomic mass is 32.1. The van der Waals surface area contributed by atoms with Gasteiger partial charge in [-0.3, -0.25) is 19.8 Å². The van der Waals surface area contributed by atoms with Crippen LogP contribution in [0.4, 0.5) is 5.13 Å². The van der Waals surface area contributed by atoms with Crippen molar-refractivity contribution in [1.29, 1.82) is 0 Å². The smallest absolute Gasteiger partial charge is 0.230 e. The van der Waals surface area contributed by atoms with Gasteiger partial charge in [0.2, 0.25) is 22.9 Å². The zero-order valence-corrected chi connectivity index (χ0v) is 26.4. The van der Waals surface area contributed by atoms with E-state index < -0.39 is 0 Å². The van der Waals surface area contributed by atoms with Crippen molar-refractivity contribution in [3.63, 3.8) is 0 Å². The number of carbonyl (C=O) groups excluding carboxylic acids is 3. The van der Waals surface area contributed by atoms with E-state index in [0.717, 1.165) is 53.1 Å². The second-order valence-electron chi connectivity index (χ2n) is 11.3. The van der Waals surface area contributed by atoms with Gasteiger partial charge in [0, 0.05) is 25.7 Å². The highest BCUT2D eigenvalue weighted by molar-refractivity contribution is 7.15. The third-order valence-corrected chi connectivity index (χ3v) is 7.77. The fourth-order valence-corrected chi connectivity index (χ4v) is 5.56. The van der Waals surface area contributed by atoms with Gasteiger partial charge in [0.25, 0.3) is 0 Å². The molecule has 0 saturated heterocycles. The van der Waals surface area contributed by atoms with E-state index in [0.29, 0.717) is 36.3 Å². The van der Waals surface area contributed by atoms with Crippen LogP contribution in [-0.4, -0.2) is 46.4 Å². The number of benzene rings is 2. The van der Waals surface area contributed by atoms with E-state index in [1.54, 1.807) is 4.90 Å². The highest BCUT2D eigenvalue weighted by Gasteiger charge is 2.14. The van der Waals surface area contributed by atoms with Crippen LogP contribution in [0.25, 0.3) is 0 Å². The molecule has 44 heavy (non-hydrogen) atoms. The second-order valence-corrected chi connectivity index (χ2v) is 12.4. The zero-order chi connectivity index (χ0) is 31.3. The summed E-state index contributed by atoms with van der Waals surface area (Å²) in [6.07, 6.45) is 8.13. The first-order valence-corrected chi connectivity index (χ1v) is 15.8. The molecule has 11 heteroatoms. The number of hydrogen-bond donors (Lipinski definition) is 4. The van der Waals surface area contributed by atoms with Gasteiger partial charge in [0.15, 0.2) is 0 Å². The molecular weight excluding hydrogens is 574 g/mol. The number of aromatic nitrogens is 2. The molecule has 0 bridgehead atoms. The molecule has 0 spiro atoms. The molecule has 4 rings (SSSR count). The van der Waals surface area contributed by atoms with Crippen molar-refractivity contribution in [3.8, 4) is 0 Å². The van der Waals surface area contributed by atoms with E-state index >= 15 is 0 Å². The number of carbonyl (C=O) groups is 3. The topological polar surface area (TPSA) is 128 Å². The van der Waals surface area contributed by atoms with Crippen LogP contribution in [-0.2, 0) is 40.1 Å². The number of anilines is 1. The number of nitrogens with one attached hydrogen (secondary N) is 4. The molecule has 10 nitrogen and oxygen atoms in total. The molecule has 232 valence electrons. The minimum absolute atomic E-state index is 0.0659. The predicted molar refractivity (Wildman–Crippen MR) is 173 cm³/mol. The number of aryl methyl sites for hydroxylation is 1. The average Bonchev–Trinajstić information content (AvgIpc) is 3.43. The summed E-state index contributed by atoms with van der Waals surface area (Å²) in [5.41, 5.74) is 9.92. The van der Waals surface area contributed by atoms with Crippen LogP contribution in [0.5, 0.6) is 0 Å². The van der Waals surface area contributed by atoms with Gasteiger partial charge >= 0.3 is 0 Å². The van der Waals surface area contributed by atoms with E-state index in [-0.39, 0.29) is 24.1 Å². The third kappa shape index (κ3) is 11.0. The molecule has 0 unspecified atom stereocenters. The molecule has 1 aromatic heterocycles. The average molecular weight is 616 g/mol. The van der Waals surface area contributed by atoms with Gasteiger partial charge in [-0.2, -0.15) is 0 Å². The van der Waals surface area contributed by atoms with Gasteiger partial charge in [-0.25, -0.2) is 0 Å². The molecule has 0 atom stereocenters. The van der Waals surface area contributed by atoms with Gasteiger partial charge in [-0.15, -0.1) is 10.2 Å². The summed E-state index contributed by atoms with van der Waals surface area (Å²) in [6.45, 7) is 4.89. The van der Waals surface area contributed by atoms with Crippen molar-refractivity contribution in [2.24, 2.45) is 5.92 Å². The lowest BCUT2D eigenvalue weighted by atomic mass is 10.0. The third-order valence-electron chi connectivity index (χ3n) is 6.87. The Balaban J connectivity index is 1.14. The Labute approximate surface area is 263 Å². The summed E-state index contributed by atoms with van der Waals surface area (Å²) in [4.78, 5) is 39.2. The van der Waals surface area contributed by atoms with Gasteiger partial charge in [0.05, 0.1) is 19.3 Å². The van der Waals surface area contributed by atoms with Crippen LogP contribution < -0.4 is 21.5 Å². The molecule has 4 N–H and O–H groups in total. The SMILES string of the molecule is CC(C)CN(C)C(=O)Cc1cccc(CC(=O)Nc2nnc(CCCCC3=CC=C(NC(=O)Cc4ccccc4)NN3)s2)c1. The van der Waals surface area contributed by atoms with Crippen molar-refractivity contribution >= 4 is 34.2 Å². The molecule has 0 saturated carbocycles. The summed E-state index contributed by atoms with van der Waals surface area (Å²) < 4.78 is 0. The monoisotopic (exact) mass is 615 g/mol. The Bertz CT molecular complexity index is 1480. The summed E-state index contributed by atoms with van der Waals surface area (Å²) in [5, 5.41) is 15.4. The Hall–Kier alpha value is -4.51. The number of allylic oxidation sites excluding steroid dienone is 3. The van der Waals surface area contributed by atoms with Crippen molar-refractivity contribution in [2.45, 2.75) is 58.8 Å².